The van der Waals surface area contributed by atoms with Gasteiger partial charge in [0, 0.05) is 24.9 Å². The van der Waals surface area contributed by atoms with Crippen molar-refractivity contribution >= 4 is 5.91 Å². The lowest BCUT2D eigenvalue weighted by molar-refractivity contribution is -0.121. The third-order valence-corrected chi connectivity index (χ3v) is 3.50. The van der Waals surface area contributed by atoms with Crippen LogP contribution in [0.5, 0.6) is 5.75 Å². The number of aryl methyl sites for hydroxylation is 1. The lowest BCUT2D eigenvalue weighted by atomic mass is 10.1. The van der Waals surface area contributed by atoms with Crippen LogP contribution in [0.1, 0.15) is 39.5 Å². The molecule has 0 spiro atoms. The van der Waals surface area contributed by atoms with Crippen molar-refractivity contribution < 1.29 is 14.1 Å². The van der Waals surface area contributed by atoms with Gasteiger partial charge >= 0.3 is 0 Å². The molecule has 0 aliphatic heterocycles. The van der Waals surface area contributed by atoms with Crippen LogP contribution in [0.15, 0.2) is 28.8 Å². The highest BCUT2D eigenvalue weighted by atomic mass is 16.5. The molecule has 24 heavy (non-hydrogen) atoms. The number of aromatic nitrogens is 2. The van der Waals surface area contributed by atoms with Gasteiger partial charge in [-0.2, -0.15) is 4.98 Å². The van der Waals surface area contributed by atoms with Gasteiger partial charge in [0.2, 0.25) is 17.6 Å². The number of hydrogen-bond acceptors (Lipinski definition) is 5. The molecule has 0 saturated carbocycles. The lowest BCUT2D eigenvalue weighted by Gasteiger charge is -2.05. The predicted octanol–water partition coefficient (Wildman–Crippen LogP) is 3.23. The molecule has 130 valence electrons. The summed E-state index contributed by atoms with van der Waals surface area (Å²) in [5, 5.41) is 6.86. The first-order chi connectivity index (χ1) is 11.6. The Hall–Kier alpha value is -2.37. The lowest BCUT2D eigenvalue weighted by Crippen LogP contribution is -2.25. The summed E-state index contributed by atoms with van der Waals surface area (Å²) in [5.74, 6) is 2.39. The van der Waals surface area contributed by atoms with Gasteiger partial charge < -0.3 is 14.6 Å². The van der Waals surface area contributed by atoms with E-state index < -0.39 is 0 Å². The molecular formula is C18H25N3O3. The molecule has 0 bridgehead atoms. The Balaban J connectivity index is 1.83. The van der Waals surface area contributed by atoms with E-state index in [4.69, 9.17) is 9.26 Å². The first-order valence-corrected chi connectivity index (χ1v) is 8.41. The minimum Gasteiger partial charge on any atom is -0.494 e. The molecule has 1 aromatic heterocycles. The van der Waals surface area contributed by atoms with E-state index in [-0.39, 0.29) is 5.91 Å². The molecule has 0 aliphatic rings. The Kier molecular flexibility index (Phi) is 6.78. The summed E-state index contributed by atoms with van der Waals surface area (Å²) >= 11 is 0. The maximum Gasteiger partial charge on any atom is 0.227 e. The van der Waals surface area contributed by atoms with Crippen molar-refractivity contribution in [3.63, 3.8) is 0 Å². The number of hydrogen-bond donors (Lipinski definition) is 1. The van der Waals surface area contributed by atoms with Gasteiger partial charge in [-0.25, -0.2) is 0 Å². The second-order valence-corrected chi connectivity index (χ2v) is 6.00. The number of nitrogens with zero attached hydrogens (tertiary/aromatic N) is 2. The Morgan fingerprint density at radius 2 is 2.04 bits per heavy atom. The zero-order valence-electron chi connectivity index (χ0n) is 14.5. The molecule has 0 saturated heterocycles. The Bertz CT molecular complexity index is 635. The highest BCUT2D eigenvalue weighted by molar-refractivity contribution is 5.75. The quantitative estimate of drug-likeness (QED) is 0.763. The summed E-state index contributed by atoms with van der Waals surface area (Å²) in [4.78, 5) is 16.1. The summed E-state index contributed by atoms with van der Waals surface area (Å²) < 4.78 is 10.6. The molecule has 6 nitrogen and oxygen atoms in total. The molecule has 0 fully saturated rings. The van der Waals surface area contributed by atoms with Crippen molar-refractivity contribution in [1.29, 1.82) is 0 Å². The van der Waals surface area contributed by atoms with Crippen molar-refractivity contribution in [1.82, 2.24) is 15.5 Å². The number of carbonyl (C=O) groups is 1. The van der Waals surface area contributed by atoms with E-state index in [1.165, 1.54) is 0 Å². The maximum absolute atomic E-state index is 11.8. The van der Waals surface area contributed by atoms with Crippen LogP contribution >= 0.6 is 0 Å². The standard InChI is InChI=1S/C18H25N3O3/c1-4-23-15-7-5-14(6-8-15)18-20-17(24-21-18)10-9-16(22)19-12-11-13(2)3/h5-8,13H,4,9-12H2,1-3H3,(H,19,22). The van der Waals surface area contributed by atoms with E-state index in [1.807, 2.05) is 31.2 Å². The van der Waals surface area contributed by atoms with Crippen LogP contribution in [0.3, 0.4) is 0 Å². The number of carbonyl (C=O) groups excluding carboxylic acids is 1. The monoisotopic (exact) mass is 331 g/mol. The number of rotatable bonds is 9. The summed E-state index contributed by atoms with van der Waals surface area (Å²) in [7, 11) is 0. The fourth-order valence-corrected chi connectivity index (χ4v) is 2.15. The average molecular weight is 331 g/mol. The van der Waals surface area contributed by atoms with Crippen molar-refractivity contribution in [2.75, 3.05) is 13.2 Å². The number of nitrogens with one attached hydrogen (secondary N) is 1. The molecule has 0 radical (unpaired) electrons. The Labute approximate surface area is 142 Å². The summed E-state index contributed by atoms with van der Waals surface area (Å²) in [6.45, 7) is 7.54. The average Bonchev–Trinajstić information content (AvgIpc) is 3.02. The SMILES string of the molecule is CCOc1ccc(-c2noc(CCC(=O)NCCC(C)C)n2)cc1. The maximum atomic E-state index is 11.8. The molecular weight excluding hydrogens is 306 g/mol. The van der Waals surface area contributed by atoms with Crippen LogP contribution < -0.4 is 10.1 Å². The molecule has 0 atom stereocenters. The molecule has 1 heterocycles. The minimum atomic E-state index is 0.0106. The van der Waals surface area contributed by atoms with Gasteiger partial charge in [-0.1, -0.05) is 19.0 Å². The molecule has 0 unspecified atom stereocenters. The number of amides is 1. The largest absolute Gasteiger partial charge is 0.494 e. The van der Waals surface area contributed by atoms with E-state index in [1.54, 1.807) is 0 Å². The number of benzene rings is 1. The normalized spacial score (nSPS) is 10.8. The molecule has 0 aliphatic carbocycles. The summed E-state index contributed by atoms with van der Waals surface area (Å²) in [6.07, 6.45) is 1.77. The Morgan fingerprint density at radius 1 is 1.29 bits per heavy atom. The highest BCUT2D eigenvalue weighted by Gasteiger charge is 2.11. The summed E-state index contributed by atoms with van der Waals surface area (Å²) in [6, 6.07) is 7.52. The van der Waals surface area contributed by atoms with Crippen molar-refractivity contribution in [2.24, 2.45) is 5.92 Å². The van der Waals surface area contributed by atoms with E-state index >= 15 is 0 Å². The van der Waals surface area contributed by atoms with Crippen LogP contribution in [0, 0.1) is 5.92 Å². The third kappa shape index (κ3) is 5.68. The van der Waals surface area contributed by atoms with Crippen LogP contribution in [0.25, 0.3) is 11.4 Å². The van der Waals surface area contributed by atoms with Gasteiger partial charge in [0.15, 0.2) is 0 Å². The highest BCUT2D eigenvalue weighted by Crippen LogP contribution is 2.20. The predicted molar refractivity (Wildman–Crippen MR) is 91.7 cm³/mol. The topological polar surface area (TPSA) is 77.2 Å². The first-order valence-electron chi connectivity index (χ1n) is 8.41. The molecule has 1 amide bonds. The fourth-order valence-electron chi connectivity index (χ4n) is 2.15. The smallest absolute Gasteiger partial charge is 0.227 e. The summed E-state index contributed by atoms with van der Waals surface area (Å²) in [5.41, 5.74) is 0.856. The second-order valence-electron chi connectivity index (χ2n) is 6.00. The third-order valence-electron chi connectivity index (χ3n) is 3.50. The van der Waals surface area contributed by atoms with Crippen LogP contribution in [0.2, 0.25) is 0 Å². The molecule has 6 heteroatoms. The zero-order valence-corrected chi connectivity index (χ0v) is 14.5. The van der Waals surface area contributed by atoms with E-state index in [0.717, 1.165) is 17.7 Å². The molecule has 2 rings (SSSR count). The van der Waals surface area contributed by atoms with Gasteiger partial charge in [-0.15, -0.1) is 0 Å². The van der Waals surface area contributed by atoms with E-state index in [0.29, 0.717) is 43.6 Å². The Morgan fingerprint density at radius 3 is 2.71 bits per heavy atom. The van der Waals surface area contributed by atoms with Crippen LogP contribution in [-0.4, -0.2) is 29.2 Å². The van der Waals surface area contributed by atoms with E-state index in [9.17, 15) is 4.79 Å². The first kappa shape index (κ1) is 18.0. The van der Waals surface area contributed by atoms with Gasteiger partial charge in [0.05, 0.1) is 6.61 Å². The van der Waals surface area contributed by atoms with Crippen LogP contribution in [0.4, 0.5) is 0 Å². The van der Waals surface area contributed by atoms with Crippen molar-refractivity contribution in [3.05, 3.63) is 30.2 Å². The van der Waals surface area contributed by atoms with Crippen molar-refractivity contribution in [2.45, 2.75) is 40.0 Å². The van der Waals surface area contributed by atoms with Crippen molar-refractivity contribution in [3.8, 4) is 17.1 Å². The molecule has 2 aromatic rings. The van der Waals surface area contributed by atoms with E-state index in [2.05, 4.69) is 29.3 Å². The van der Waals surface area contributed by atoms with Gasteiger partial charge in [-0.3, -0.25) is 4.79 Å². The van der Waals surface area contributed by atoms with Gasteiger partial charge in [0.1, 0.15) is 5.75 Å². The number of ether oxygens (including phenoxy) is 1. The van der Waals surface area contributed by atoms with Crippen LogP contribution in [-0.2, 0) is 11.2 Å². The van der Waals surface area contributed by atoms with Gasteiger partial charge in [-0.05, 0) is 43.5 Å². The molecule has 1 aromatic carbocycles. The molecule has 1 N–H and O–H groups in total. The fraction of sp³-hybridized carbons (Fsp3) is 0.500. The van der Waals surface area contributed by atoms with Gasteiger partial charge in [0.25, 0.3) is 0 Å². The minimum absolute atomic E-state index is 0.0106. The zero-order chi connectivity index (χ0) is 17.4. The second kappa shape index (κ2) is 9.05.